The Morgan fingerprint density at radius 1 is 0.860 bits per heavy atom. The van der Waals surface area contributed by atoms with Crippen molar-refractivity contribution in [3.8, 4) is 0 Å². The molecule has 3 aromatic heterocycles. The van der Waals surface area contributed by atoms with Gasteiger partial charge in [-0.3, -0.25) is 24.6 Å². The summed E-state index contributed by atoms with van der Waals surface area (Å²) in [4.78, 5) is 39.3. The molecule has 0 spiro atoms. The van der Waals surface area contributed by atoms with Crippen LogP contribution in [0, 0.1) is 0 Å². The number of nitrogens with zero attached hydrogens (tertiary/aromatic N) is 4. The third kappa shape index (κ3) is 11.5. The standard InChI is InChI=1S/C30H32BN5O5S.Na/c37-29(34-14-15-42-28(31(40)41)17-22-6-5-7-23(16-22)30(38)39)24-10-11-27(35-18-24)21-36(19-25-8-1-3-12-32-25)20-26-9-2-4-13-33-26;/h1-13,16,18,28,40-41H,14-15,17,19-21H2,(H,34,37)(H,38,39);/q;+1/p-1. The number of carboxylic acid groups (broad SMARTS) is 1. The van der Waals surface area contributed by atoms with Crippen LogP contribution in [0.4, 0.5) is 0 Å². The van der Waals surface area contributed by atoms with Gasteiger partial charge in [-0.05, 0) is 60.0 Å². The number of carbonyl (C=O) groups excluding carboxylic acids is 2. The molecule has 43 heavy (non-hydrogen) atoms. The van der Waals surface area contributed by atoms with Crippen LogP contribution in [0.3, 0.4) is 0 Å². The van der Waals surface area contributed by atoms with E-state index in [0.29, 0.717) is 43.1 Å². The van der Waals surface area contributed by atoms with Crippen LogP contribution in [0.2, 0.25) is 0 Å². The molecule has 0 aliphatic heterocycles. The number of aromatic nitrogens is 3. The molecule has 0 bridgehead atoms. The predicted octanol–water partition coefficient (Wildman–Crippen LogP) is -1.47. The molecule has 0 saturated carbocycles. The molecule has 1 amide bonds. The van der Waals surface area contributed by atoms with E-state index in [2.05, 4.69) is 25.2 Å². The SMILES string of the molecule is O=C([O-])c1cccc(CC(SCCNC(=O)c2ccc(CN(Cc3ccccn3)Cc3ccccn3)nc2)B(O)O)c1.[Na+]. The van der Waals surface area contributed by atoms with E-state index < -0.39 is 18.2 Å². The van der Waals surface area contributed by atoms with Crippen molar-refractivity contribution >= 4 is 30.8 Å². The second kappa shape index (κ2) is 17.9. The average molecular weight is 607 g/mol. The van der Waals surface area contributed by atoms with E-state index >= 15 is 0 Å². The summed E-state index contributed by atoms with van der Waals surface area (Å²) in [6, 6.07) is 21.4. The molecule has 0 aliphatic rings. The average Bonchev–Trinajstić information content (AvgIpc) is 3.00. The Labute approximate surface area is 277 Å². The van der Waals surface area contributed by atoms with Crippen molar-refractivity contribution in [2.75, 3.05) is 12.3 Å². The number of amides is 1. The minimum absolute atomic E-state index is 0. The van der Waals surface area contributed by atoms with Crippen LogP contribution in [-0.4, -0.2) is 66.3 Å². The number of aromatic carboxylic acids is 1. The van der Waals surface area contributed by atoms with Gasteiger partial charge >= 0.3 is 36.7 Å². The molecule has 3 N–H and O–H groups in total. The van der Waals surface area contributed by atoms with Crippen molar-refractivity contribution in [1.82, 2.24) is 25.2 Å². The van der Waals surface area contributed by atoms with Crippen molar-refractivity contribution in [3.63, 3.8) is 0 Å². The summed E-state index contributed by atoms with van der Waals surface area (Å²) in [6.07, 6.45) is 5.33. The maximum Gasteiger partial charge on any atom is 1.00 e. The number of hydrogen-bond acceptors (Lipinski definition) is 10. The van der Waals surface area contributed by atoms with Crippen molar-refractivity contribution in [1.29, 1.82) is 0 Å². The van der Waals surface area contributed by atoms with Crippen LogP contribution in [0.15, 0.2) is 91.4 Å². The summed E-state index contributed by atoms with van der Waals surface area (Å²) in [5, 5.41) is 32.9. The topological polar surface area (TPSA) is 152 Å². The number of carboxylic acids is 1. The fraction of sp³-hybridized carbons (Fsp3) is 0.233. The minimum Gasteiger partial charge on any atom is -0.545 e. The van der Waals surface area contributed by atoms with E-state index in [1.54, 1.807) is 36.8 Å². The normalized spacial score (nSPS) is 11.4. The molecule has 13 heteroatoms. The Bertz CT molecular complexity index is 1400. The van der Waals surface area contributed by atoms with Gasteiger partial charge in [0.1, 0.15) is 0 Å². The Morgan fingerprint density at radius 3 is 2.05 bits per heavy atom. The third-order valence-corrected chi connectivity index (χ3v) is 7.63. The quantitative estimate of drug-likeness (QED) is 0.108. The molecule has 1 atom stereocenters. The first kappa shape index (κ1) is 34.4. The molecule has 10 nitrogen and oxygen atoms in total. The molecule has 0 aliphatic carbocycles. The Hall–Kier alpha value is -3.10. The van der Waals surface area contributed by atoms with Crippen molar-refractivity contribution in [2.24, 2.45) is 0 Å². The Balaban J connectivity index is 0.00000506. The molecule has 4 aromatic rings. The second-order valence-corrected chi connectivity index (χ2v) is 10.9. The summed E-state index contributed by atoms with van der Waals surface area (Å²) in [5.41, 5.74) is 3.77. The zero-order valence-electron chi connectivity index (χ0n) is 23.9. The number of thioether (sulfide) groups is 1. The summed E-state index contributed by atoms with van der Waals surface area (Å²) in [5.74, 6) is -1.14. The molecule has 1 unspecified atom stereocenters. The van der Waals surface area contributed by atoms with Gasteiger partial charge in [-0.1, -0.05) is 30.3 Å². The third-order valence-electron chi connectivity index (χ3n) is 6.35. The summed E-state index contributed by atoms with van der Waals surface area (Å²) in [7, 11) is -1.61. The van der Waals surface area contributed by atoms with Crippen molar-refractivity contribution in [3.05, 3.63) is 125 Å². The summed E-state index contributed by atoms with van der Waals surface area (Å²) in [6.45, 7) is 2.08. The molecule has 0 radical (unpaired) electrons. The van der Waals surface area contributed by atoms with Gasteiger partial charge in [0.25, 0.3) is 5.91 Å². The number of carbonyl (C=O) groups is 2. The first-order chi connectivity index (χ1) is 20.4. The number of hydrogen-bond donors (Lipinski definition) is 3. The van der Waals surface area contributed by atoms with Gasteiger partial charge in [0.15, 0.2) is 0 Å². The van der Waals surface area contributed by atoms with Crippen molar-refractivity contribution < 1.29 is 54.3 Å². The van der Waals surface area contributed by atoms with Crippen LogP contribution in [0.5, 0.6) is 0 Å². The number of pyridine rings is 3. The maximum atomic E-state index is 12.7. The van der Waals surface area contributed by atoms with Crippen LogP contribution < -0.4 is 40.0 Å². The molecule has 3 heterocycles. The van der Waals surface area contributed by atoms with E-state index in [-0.39, 0.29) is 47.4 Å². The van der Waals surface area contributed by atoms with Crippen LogP contribution in [0.1, 0.15) is 43.4 Å². The first-order valence-electron chi connectivity index (χ1n) is 13.4. The van der Waals surface area contributed by atoms with Gasteiger partial charge in [-0.2, -0.15) is 11.8 Å². The molecule has 216 valence electrons. The molecule has 0 saturated heterocycles. The van der Waals surface area contributed by atoms with Crippen LogP contribution in [0.25, 0.3) is 0 Å². The summed E-state index contributed by atoms with van der Waals surface area (Å²) >= 11 is 1.28. The molecular weight excluding hydrogens is 576 g/mol. The predicted molar refractivity (Wildman–Crippen MR) is 159 cm³/mol. The van der Waals surface area contributed by atoms with Gasteiger partial charge in [-0.25, -0.2) is 0 Å². The smallest absolute Gasteiger partial charge is 0.545 e. The zero-order chi connectivity index (χ0) is 29.7. The molecule has 4 rings (SSSR count). The fourth-order valence-electron chi connectivity index (χ4n) is 4.28. The Morgan fingerprint density at radius 2 is 1.51 bits per heavy atom. The molecule has 1 aromatic carbocycles. The number of nitrogens with one attached hydrogen (secondary N) is 1. The van der Waals surface area contributed by atoms with Gasteiger partial charge in [0.2, 0.25) is 0 Å². The first-order valence-corrected chi connectivity index (χ1v) is 14.5. The second-order valence-electron chi connectivity index (χ2n) is 9.60. The van der Waals surface area contributed by atoms with Gasteiger partial charge in [0, 0.05) is 55.7 Å². The van der Waals surface area contributed by atoms with E-state index in [1.165, 1.54) is 23.9 Å². The van der Waals surface area contributed by atoms with Gasteiger partial charge < -0.3 is 25.3 Å². The maximum absolute atomic E-state index is 12.7. The number of benzene rings is 1. The largest absolute Gasteiger partial charge is 1.00 e. The van der Waals surface area contributed by atoms with Gasteiger partial charge in [0.05, 0.1) is 28.6 Å². The monoisotopic (exact) mass is 607 g/mol. The van der Waals surface area contributed by atoms with E-state index in [1.807, 2.05) is 42.5 Å². The van der Waals surface area contributed by atoms with E-state index in [4.69, 9.17) is 0 Å². The fourth-order valence-corrected chi connectivity index (χ4v) is 5.28. The number of rotatable bonds is 15. The molecular formula is C30H31BN5NaO5S. The van der Waals surface area contributed by atoms with Crippen molar-refractivity contribution in [2.45, 2.75) is 31.2 Å². The van der Waals surface area contributed by atoms with E-state index in [9.17, 15) is 24.7 Å². The Kier molecular flexibility index (Phi) is 14.3. The molecule has 0 fully saturated rings. The van der Waals surface area contributed by atoms with E-state index in [0.717, 1.165) is 17.1 Å². The zero-order valence-corrected chi connectivity index (χ0v) is 26.7. The van der Waals surface area contributed by atoms with Crippen LogP contribution >= 0.6 is 11.8 Å². The summed E-state index contributed by atoms with van der Waals surface area (Å²) < 4.78 is 0. The van der Waals surface area contributed by atoms with Crippen LogP contribution in [-0.2, 0) is 26.1 Å². The minimum atomic E-state index is -1.61. The van der Waals surface area contributed by atoms with Gasteiger partial charge in [-0.15, -0.1) is 0 Å².